The van der Waals surface area contributed by atoms with Crippen LogP contribution in [-0.2, 0) is 23.1 Å². The highest BCUT2D eigenvalue weighted by Crippen LogP contribution is 2.36. The average Bonchev–Trinajstić information content (AvgIpc) is 3.12. The molecule has 0 aliphatic carbocycles. The Labute approximate surface area is 146 Å². The number of rotatable bonds is 3. The molecule has 1 aliphatic rings. The number of anilines is 1. The molecule has 7 heteroatoms. The number of hydrogen-bond acceptors (Lipinski definition) is 4. The Balaban J connectivity index is 1.77. The quantitative estimate of drug-likeness (QED) is 0.780. The van der Waals surface area contributed by atoms with Crippen LogP contribution in [-0.4, -0.2) is 35.2 Å². The van der Waals surface area contributed by atoms with Gasteiger partial charge in [-0.05, 0) is 42.7 Å². The van der Waals surface area contributed by atoms with E-state index >= 15 is 0 Å². The Morgan fingerprint density at radius 1 is 1.24 bits per heavy atom. The van der Waals surface area contributed by atoms with E-state index in [1.54, 1.807) is 0 Å². The molecule has 3 heterocycles. The molecule has 0 saturated carbocycles. The van der Waals surface area contributed by atoms with Crippen LogP contribution in [0, 0.1) is 0 Å². The summed E-state index contributed by atoms with van der Waals surface area (Å²) >= 11 is 0. The van der Waals surface area contributed by atoms with Crippen LogP contribution in [0.1, 0.15) is 18.1 Å². The Morgan fingerprint density at radius 3 is 2.76 bits per heavy atom. The van der Waals surface area contributed by atoms with Crippen molar-refractivity contribution in [3.8, 4) is 11.3 Å². The minimum Gasteiger partial charge on any atom is -0.392 e. The number of benzene rings is 1. The third-order valence-electron chi connectivity index (χ3n) is 4.58. The van der Waals surface area contributed by atoms with Crippen molar-refractivity contribution in [2.24, 2.45) is 0 Å². The first kappa shape index (κ1) is 16.1. The number of aliphatic hydroxyl groups excluding tert-OH is 1. The van der Waals surface area contributed by atoms with E-state index in [1.165, 1.54) is 10.6 Å². The molecule has 2 aromatic heterocycles. The Kier molecular flexibility index (Phi) is 3.59. The summed E-state index contributed by atoms with van der Waals surface area (Å²) < 4.78 is 27.4. The van der Waals surface area contributed by atoms with Crippen LogP contribution < -0.4 is 4.31 Å². The topological polar surface area (TPSA) is 74.9 Å². The maximum atomic E-state index is 12.0. The predicted molar refractivity (Wildman–Crippen MR) is 97.0 cm³/mol. The van der Waals surface area contributed by atoms with Gasteiger partial charge in [0.15, 0.2) is 0 Å². The number of aliphatic hydroxyl groups is 1. The molecule has 1 N–H and O–H groups in total. The SMILES string of the molecule is CC1Cc2cc(-c3cn4cc(CO)ccc4n3)ccc2N1S(C)(=O)=O. The zero-order valence-corrected chi connectivity index (χ0v) is 14.9. The highest BCUT2D eigenvalue weighted by molar-refractivity contribution is 7.92. The minimum atomic E-state index is -3.28. The average molecular weight is 357 g/mol. The van der Waals surface area contributed by atoms with Gasteiger partial charge in [-0.1, -0.05) is 12.1 Å². The second kappa shape index (κ2) is 5.57. The standard InChI is InChI=1S/C18H19N3O3S/c1-12-7-15-8-14(4-5-17(15)21(12)25(2,23)24)16-10-20-9-13(11-22)3-6-18(20)19-16/h3-6,8-10,12,22H,7,11H2,1-2H3. The summed E-state index contributed by atoms with van der Waals surface area (Å²) in [6.45, 7) is 1.91. The van der Waals surface area contributed by atoms with Gasteiger partial charge in [0.2, 0.25) is 10.0 Å². The maximum absolute atomic E-state index is 12.0. The van der Waals surface area contributed by atoms with E-state index in [-0.39, 0.29) is 12.6 Å². The van der Waals surface area contributed by atoms with E-state index in [4.69, 9.17) is 0 Å². The zero-order chi connectivity index (χ0) is 17.8. The molecule has 1 atom stereocenters. The molecule has 0 bridgehead atoms. The van der Waals surface area contributed by atoms with E-state index in [9.17, 15) is 13.5 Å². The number of fused-ring (bicyclic) bond motifs is 2. The van der Waals surface area contributed by atoms with Gasteiger partial charge in [0, 0.05) is 24.0 Å². The smallest absolute Gasteiger partial charge is 0.232 e. The van der Waals surface area contributed by atoms with Gasteiger partial charge in [-0.2, -0.15) is 0 Å². The summed E-state index contributed by atoms with van der Waals surface area (Å²) in [4.78, 5) is 4.62. The van der Waals surface area contributed by atoms with Crippen molar-refractivity contribution in [3.63, 3.8) is 0 Å². The fourth-order valence-electron chi connectivity index (χ4n) is 3.54. The molecule has 6 nitrogen and oxygen atoms in total. The van der Waals surface area contributed by atoms with E-state index in [0.29, 0.717) is 6.42 Å². The first-order valence-electron chi connectivity index (χ1n) is 8.08. The van der Waals surface area contributed by atoms with Crippen molar-refractivity contribution in [2.45, 2.75) is 26.0 Å². The number of hydrogen-bond donors (Lipinski definition) is 1. The van der Waals surface area contributed by atoms with E-state index in [2.05, 4.69) is 4.98 Å². The van der Waals surface area contributed by atoms with Gasteiger partial charge in [-0.3, -0.25) is 4.31 Å². The largest absolute Gasteiger partial charge is 0.392 e. The van der Waals surface area contributed by atoms with Crippen LogP contribution in [0.25, 0.3) is 16.9 Å². The van der Waals surface area contributed by atoms with Crippen molar-refractivity contribution in [1.29, 1.82) is 0 Å². The van der Waals surface area contributed by atoms with Crippen molar-refractivity contribution in [1.82, 2.24) is 9.38 Å². The van der Waals surface area contributed by atoms with Crippen molar-refractivity contribution >= 4 is 21.4 Å². The van der Waals surface area contributed by atoms with E-state index < -0.39 is 10.0 Å². The molecule has 1 aliphatic heterocycles. The third-order valence-corrected chi connectivity index (χ3v) is 5.85. The second-order valence-corrected chi connectivity index (χ2v) is 8.40. The monoisotopic (exact) mass is 357 g/mol. The lowest BCUT2D eigenvalue weighted by molar-refractivity contribution is 0.281. The van der Waals surface area contributed by atoms with Crippen LogP contribution in [0.5, 0.6) is 0 Å². The van der Waals surface area contributed by atoms with Crippen LogP contribution >= 0.6 is 0 Å². The summed E-state index contributed by atoms with van der Waals surface area (Å²) in [5.74, 6) is 0. The van der Waals surface area contributed by atoms with Crippen LogP contribution in [0.3, 0.4) is 0 Å². The number of pyridine rings is 1. The van der Waals surface area contributed by atoms with Gasteiger partial charge in [0.05, 0.1) is 24.2 Å². The Hall–Kier alpha value is -2.38. The molecule has 1 aromatic carbocycles. The van der Waals surface area contributed by atoms with Gasteiger partial charge in [0.1, 0.15) is 5.65 Å². The molecule has 0 amide bonds. The van der Waals surface area contributed by atoms with Crippen molar-refractivity contribution in [2.75, 3.05) is 10.6 Å². The number of nitrogens with zero attached hydrogens (tertiary/aromatic N) is 3. The molecular formula is C18H19N3O3S. The lowest BCUT2D eigenvalue weighted by Gasteiger charge is -2.21. The molecule has 0 fully saturated rings. The number of sulfonamides is 1. The third kappa shape index (κ3) is 2.69. The highest BCUT2D eigenvalue weighted by Gasteiger charge is 2.32. The lowest BCUT2D eigenvalue weighted by Crippen LogP contribution is -2.34. The first-order chi connectivity index (χ1) is 11.9. The normalized spacial score (nSPS) is 17.2. The second-order valence-electron chi connectivity index (χ2n) is 6.54. The summed E-state index contributed by atoms with van der Waals surface area (Å²) in [5.41, 5.74) is 5.18. The molecular weight excluding hydrogens is 338 g/mol. The number of aromatic nitrogens is 2. The van der Waals surface area contributed by atoms with E-state index in [1.807, 2.05) is 54.0 Å². The first-order valence-corrected chi connectivity index (χ1v) is 9.93. The zero-order valence-electron chi connectivity index (χ0n) is 14.0. The molecule has 3 aromatic rings. The van der Waals surface area contributed by atoms with Crippen LogP contribution in [0.4, 0.5) is 5.69 Å². The molecule has 1 unspecified atom stereocenters. The molecule has 130 valence electrons. The Morgan fingerprint density at radius 2 is 2.04 bits per heavy atom. The van der Waals surface area contributed by atoms with Gasteiger partial charge in [-0.25, -0.2) is 13.4 Å². The van der Waals surface area contributed by atoms with Crippen LogP contribution in [0.15, 0.2) is 42.7 Å². The van der Waals surface area contributed by atoms with Gasteiger partial charge in [0.25, 0.3) is 0 Å². The summed E-state index contributed by atoms with van der Waals surface area (Å²) in [7, 11) is -3.28. The molecule has 25 heavy (non-hydrogen) atoms. The van der Waals surface area contributed by atoms with Gasteiger partial charge < -0.3 is 9.51 Å². The van der Waals surface area contributed by atoms with Gasteiger partial charge >= 0.3 is 0 Å². The summed E-state index contributed by atoms with van der Waals surface area (Å²) in [6.07, 6.45) is 5.71. The fourth-order valence-corrected chi connectivity index (χ4v) is 4.80. The summed E-state index contributed by atoms with van der Waals surface area (Å²) in [5, 5.41) is 9.25. The summed E-state index contributed by atoms with van der Waals surface area (Å²) in [6, 6.07) is 9.43. The number of imidazole rings is 1. The molecule has 0 spiro atoms. The lowest BCUT2D eigenvalue weighted by atomic mass is 10.1. The molecule has 0 saturated heterocycles. The minimum absolute atomic E-state index is 0.0124. The van der Waals surface area contributed by atoms with Crippen molar-refractivity contribution < 1.29 is 13.5 Å². The van der Waals surface area contributed by atoms with E-state index in [0.717, 1.165) is 33.7 Å². The Bertz CT molecular complexity index is 1070. The predicted octanol–water partition coefficient (Wildman–Crippen LogP) is 2.20. The van der Waals surface area contributed by atoms with Crippen molar-refractivity contribution in [3.05, 3.63) is 53.9 Å². The molecule has 4 rings (SSSR count). The maximum Gasteiger partial charge on any atom is 0.232 e. The fraction of sp³-hybridized carbons (Fsp3) is 0.278. The highest BCUT2D eigenvalue weighted by atomic mass is 32.2. The van der Waals surface area contributed by atoms with Crippen LogP contribution in [0.2, 0.25) is 0 Å². The van der Waals surface area contributed by atoms with Gasteiger partial charge in [-0.15, -0.1) is 0 Å². The molecule has 0 radical (unpaired) electrons.